The molecule has 3 aromatic rings. The molecule has 0 spiro atoms. The van der Waals surface area contributed by atoms with Crippen LogP contribution < -0.4 is 16.8 Å². The van der Waals surface area contributed by atoms with Crippen LogP contribution in [0, 0.1) is 6.92 Å². The normalized spacial score (nSPS) is 11.5. The summed E-state index contributed by atoms with van der Waals surface area (Å²) in [6.45, 7) is 2.06. The lowest BCUT2D eigenvalue weighted by Gasteiger charge is -2.16. The van der Waals surface area contributed by atoms with Crippen LogP contribution in [0.5, 0.6) is 0 Å². The molecule has 0 aliphatic heterocycles. The van der Waals surface area contributed by atoms with E-state index in [2.05, 4.69) is 15.3 Å². The number of thiazole rings is 1. The molecule has 9 heteroatoms. The zero-order chi connectivity index (χ0) is 22.4. The highest BCUT2D eigenvalue weighted by Crippen LogP contribution is 2.34. The fourth-order valence-corrected chi connectivity index (χ4v) is 4.13. The summed E-state index contributed by atoms with van der Waals surface area (Å²) in [5, 5.41) is 12.5. The molecule has 1 atom stereocenters. The molecule has 1 heterocycles. The standard InChI is InChI=1S/C22H23N5O3S/c1-13-19(31-22(26-13)27-21(23)24)15-8-5-9-16(10-15)20(30)25-12-17(11-18(28)29)14-6-3-2-4-7-14/h2-10,17H,11-12H2,1H3,(H,25,30)(H,28,29)(H4,23,24,26,27). The van der Waals surface area contributed by atoms with Crippen molar-refractivity contribution in [1.29, 1.82) is 0 Å². The van der Waals surface area contributed by atoms with E-state index in [9.17, 15) is 14.7 Å². The number of carbonyl (C=O) groups excluding carboxylic acids is 1. The van der Waals surface area contributed by atoms with Crippen LogP contribution in [0.15, 0.2) is 59.6 Å². The van der Waals surface area contributed by atoms with Crippen LogP contribution >= 0.6 is 11.3 Å². The van der Waals surface area contributed by atoms with Gasteiger partial charge in [0.25, 0.3) is 5.91 Å². The summed E-state index contributed by atoms with van der Waals surface area (Å²) in [7, 11) is 0. The number of nitrogens with one attached hydrogen (secondary N) is 1. The average Bonchev–Trinajstić information content (AvgIpc) is 3.10. The Kier molecular flexibility index (Phi) is 6.99. The highest BCUT2D eigenvalue weighted by Gasteiger charge is 2.18. The minimum atomic E-state index is -0.914. The van der Waals surface area contributed by atoms with Gasteiger partial charge in [0, 0.05) is 18.0 Å². The fourth-order valence-electron chi connectivity index (χ4n) is 3.17. The molecule has 0 radical (unpaired) electrons. The van der Waals surface area contributed by atoms with Crippen molar-refractivity contribution in [3.63, 3.8) is 0 Å². The van der Waals surface area contributed by atoms with Crippen LogP contribution in [0.25, 0.3) is 10.4 Å². The van der Waals surface area contributed by atoms with E-state index < -0.39 is 5.97 Å². The highest BCUT2D eigenvalue weighted by molar-refractivity contribution is 7.18. The molecule has 6 N–H and O–H groups in total. The number of nitrogens with zero attached hydrogens (tertiary/aromatic N) is 2. The number of carboxylic acid groups (broad SMARTS) is 1. The first kappa shape index (κ1) is 22.0. The number of rotatable bonds is 8. The molecule has 0 aliphatic rings. The zero-order valence-electron chi connectivity index (χ0n) is 16.9. The summed E-state index contributed by atoms with van der Waals surface area (Å²) in [5.74, 6) is -1.58. The van der Waals surface area contributed by atoms with E-state index in [0.717, 1.165) is 21.7 Å². The molecular formula is C22H23N5O3S. The van der Waals surface area contributed by atoms with E-state index >= 15 is 0 Å². The largest absolute Gasteiger partial charge is 0.481 e. The van der Waals surface area contributed by atoms with Crippen LogP contribution in [0.1, 0.15) is 34.0 Å². The maximum Gasteiger partial charge on any atom is 0.304 e. The average molecular weight is 438 g/mol. The number of carbonyl (C=O) groups is 2. The Morgan fingerprint density at radius 2 is 1.90 bits per heavy atom. The van der Waals surface area contributed by atoms with Gasteiger partial charge in [-0.2, -0.15) is 4.99 Å². The predicted octanol–water partition coefficient (Wildman–Crippen LogP) is 3.01. The maximum absolute atomic E-state index is 12.8. The van der Waals surface area contributed by atoms with Crippen molar-refractivity contribution in [2.45, 2.75) is 19.3 Å². The Morgan fingerprint density at radius 3 is 2.58 bits per heavy atom. The topological polar surface area (TPSA) is 144 Å². The van der Waals surface area contributed by atoms with Crippen molar-refractivity contribution in [2.24, 2.45) is 16.5 Å². The Morgan fingerprint density at radius 1 is 1.16 bits per heavy atom. The summed E-state index contributed by atoms with van der Waals surface area (Å²) in [4.78, 5) is 33.2. The zero-order valence-corrected chi connectivity index (χ0v) is 17.7. The van der Waals surface area contributed by atoms with E-state index in [1.807, 2.05) is 43.3 Å². The van der Waals surface area contributed by atoms with Gasteiger partial charge in [-0.1, -0.05) is 53.8 Å². The first-order valence-corrected chi connectivity index (χ1v) is 10.4. The third-order valence-corrected chi connectivity index (χ3v) is 5.70. The van der Waals surface area contributed by atoms with Crippen molar-refractivity contribution in [3.05, 3.63) is 71.4 Å². The minimum Gasteiger partial charge on any atom is -0.481 e. The van der Waals surface area contributed by atoms with Crippen molar-refractivity contribution in [1.82, 2.24) is 10.3 Å². The molecule has 2 aromatic carbocycles. The smallest absolute Gasteiger partial charge is 0.304 e. The van der Waals surface area contributed by atoms with Crippen LogP contribution in [0.4, 0.5) is 5.13 Å². The third kappa shape index (κ3) is 5.89. The molecule has 1 unspecified atom stereocenters. The van der Waals surface area contributed by atoms with Crippen molar-refractivity contribution in [3.8, 4) is 10.4 Å². The van der Waals surface area contributed by atoms with Gasteiger partial charge >= 0.3 is 5.97 Å². The number of aliphatic imine (C=N–C) groups is 1. The number of nitrogens with two attached hydrogens (primary N) is 2. The molecule has 0 saturated carbocycles. The summed E-state index contributed by atoms with van der Waals surface area (Å²) < 4.78 is 0. The molecule has 160 valence electrons. The number of aliphatic carboxylic acids is 1. The van der Waals surface area contributed by atoms with Gasteiger partial charge in [-0.25, -0.2) is 4.98 Å². The van der Waals surface area contributed by atoms with E-state index in [-0.39, 0.29) is 30.8 Å². The van der Waals surface area contributed by atoms with Crippen molar-refractivity contribution >= 4 is 34.3 Å². The summed E-state index contributed by atoms with van der Waals surface area (Å²) in [5.41, 5.74) is 13.8. The molecular weight excluding hydrogens is 414 g/mol. The molecule has 0 saturated heterocycles. The molecule has 8 nitrogen and oxygen atoms in total. The second kappa shape index (κ2) is 9.86. The van der Waals surface area contributed by atoms with Crippen LogP contribution in [-0.4, -0.2) is 34.5 Å². The first-order valence-electron chi connectivity index (χ1n) is 9.56. The molecule has 0 fully saturated rings. The lowest BCUT2D eigenvalue weighted by molar-refractivity contribution is -0.137. The van der Waals surface area contributed by atoms with E-state index in [4.69, 9.17) is 11.5 Å². The van der Waals surface area contributed by atoms with Gasteiger partial charge < -0.3 is 21.9 Å². The van der Waals surface area contributed by atoms with Gasteiger partial charge in [-0.15, -0.1) is 0 Å². The Bertz CT molecular complexity index is 1110. The lowest BCUT2D eigenvalue weighted by Crippen LogP contribution is -2.29. The second-order valence-electron chi connectivity index (χ2n) is 6.94. The quantitative estimate of drug-likeness (QED) is 0.315. The third-order valence-electron chi connectivity index (χ3n) is 4.60. The monoisotopic (exact) mass is 437 g/mol. The van der Waals surface area contributed by atoms with Crippen molar-refractivity contribution in [2.75, 3.05) is 6.54 Å². The van der Waals surface area contributed by atoms with Gasteiger partial charge in [0.05, 0.1) is 17.0 Å². The van der Waals surface area contributed by atoms with E-state index in [0.29, 0.717) is 10.7 Å². The van der Waals surface area contributed by atoms with Crippen molar-refractivity contribution < 1.29 is 14.7 Å². The predicted molar refractivity (Wildman–Crippen MR) is 122 cm³/mol. The number of guanidine groups is 1. The van der Waals surface area contributed by atoms with Crippen LogP contribution in [0.2, 0.25) is 0 Å². The highest BCUT2D eigenvalue weighted by atomic mass is 32.1. The number of aryl methyl sites for hydroxylation is 1. The number of benzene rings is 2. The Hall–Kier alpha value is -3.72. The number of amides is 1. The molecule has 31 heavy (non-hydrogen) atoms. The lowest BCUT2D eigenvalue weighted by atomic mass is 9.95. The molecule has 3 rings (SSSR count). The fraction of sp³-hybridized carbons (Fsp3) is 0.182. The number of carboxylic acids is 1. The van der Waals surface area contributed by atoms with Gasteiger partial charge in [0.15, 0.2) is 5.96 Å². The molecule has 0 bridgehead atoms. The minimum absolute atomic E-state index is 0.0669. The number of hydrogen-bond donors (Lipinski definition) is 4. The SMILES string of the molecule is Cc1nc(N=C(N)N)sc1-c1cccc(C(=O)NCC(CC(=O)O)c2ccccc2)c1. The number of hydrogen-bond acceptors (Lipinski definition) is 5. The summed E-state index contributed by atoms with van der Waals surface area (Å²) in [6.07, 6.45) is -0.0715. The van der Waals surface area contributed by atoms with Gasteiger partial charge in [0.1, 0.15) is 0 Å². The van der Waals surface area contributed by atoms with Gasteiger partial charge in [0.2, 0.25) is 5.13 Å². The number of aromatic nitrogens is 1. The molecule has 1 aromatic heterocycles. The Balaban J connectivity index is 1.76. The summed E-state index contributed by atoms with van der Waals surface area (Å²) >= 11 is 1.33. The van der Waals surface area contributed by atoms with Gasteiger partial charge in [-0.3, -0.25) is 9.59 Å². The van der Waals surface area contributed by atoms with Crippen LogP contribution in [0.3, 0.4) is 0 Å². The first-order chi connectivity index (χ1) is 14.8. The van der Waals surface area contributed by atoms with E-state index in [1.54, 1.807) is 18.2 Å². The molecule has 0 aliphatic carbocycles. The molecule has 1 amide bonds. The van der Waals surface area contributed by atoms with Gasteiger partial charge in [-0.05, 0) is 30.2 Å². The maximum atomic E-state index is 12.8. The van der Waals surface area contributed by atoms with Crippen LogP contribution in [-0.2, 0) is 4.79 Å². The van der Waals surface area contributed by atoms with E-state index in [1.165, 1.54) is 11.3 Å². The Labute approximate surface area is 183 Å². The summed E-state index contributed by atoms with van der Waals surface area (Å²) in [6, 6.07) is 16.4. The second-order valence-corrected chi connectivity index (χ2v) is 7.92.